The topological polar surface area (TPSA) is 87.3 Å². The van der Waals surface area contributed by atoms with Gasteiger partial charge in [0.15, 0.2) is 0 Å². The number of hydrogen-bond donors (Lipinski definition) is 3. The summed E-state index contributed by atoms with van der Waals surface area (Å²) in [7, 11) is -3.82. The first-order valence-corrected chi connectivity index (χ1v) is 10.2. The molecule has 1 fully saturated rings. The summed E-state index contributed by atoms with van der Waals surface area (Å²) in [5.74, 6) is -0.320. The Bertz CT molecular complexity index is 886. The number of sulfonamides is 1. The normalized spacial score (nSPS) is 14.9. The van der Waals surface area contributed by atoms with E-state index in [1.165, 1.54) is 24.3 Å². The van der Waals surface area contributed by atoms with Gasteiger partial charge in [0.05, 0.1) is 16.1 Å². The summed E-state index contributed by atoms with van der Waals surface area (Å²) in [5.41, 5.74) is 0.403. The lowest BCUT2D eigenvalue weighted by Gasteiger charge is -2.24. The van der Waals surface area contributed by atoms with E-state index < -0.39 is 10.0 Å². The molecule has 2 aromatic rings. The number of anilines is 1. The third-order valence-corrected chi connectivity index (χ3v) is 5.81. The Morgan fingerprint density at radius 2 is 1.74 bits per heavy atom. The van der Waals surface area contributed by atoms with Gasteiger partial charge in [-0.25, -0.2) is 8.42 Å². The van der Waals surface area contributed by atoms with Crippen molar-refractivity contribution in [3.63, 3.8) is 0 Å². The van der Waals surface area contributed by atoms with Crippen molar-refractivity contribution in [3.05, 3.63) is 59.1 Å². The fourth-order valence-corrected chi connectivity index (χ4v) is 4.10. The maximum atomic E-state index is 12.7. The molecule has 1 saturated heterocycles. The minimum absolute atomic E-state index is 0. The van der Waals surface area contributed by atoms with Gasteiger partial charge in [-0.3, -0.25) is 9.52 Å². The molecule has 0 bridgehead atoms. The number of nitrogens with one attached hydrogen (secondary N) is 3. The summed E-state index contributed by atoms with van der Waals surface area (Å²) in [6.07, 6.45) is 1.68. The number of carbonyl (C=O) groups is 1. The lowest BCUT2D eigenvalue weighted by atomic mass is 10.1. The van der Waals surface area contributed by atoms with Gasteiger partial charge < -0.3 is 10.6 Å². The predicted molar refractivity (Wildman–Crippen MR) is 109 cm³/mol. The number of halogens is 2. The highest BCUT2D eigenvalue weighted by Crippen LogP contribution is 2.24. The van der Waals surface area contributed by atoms with Crippen LogP contribution < -0.4 is 15.4 Å². The lowest BCUT2D eigenvalue weighted by Crippen LogP contribution is -2.42. The average Bonchev–Trinajstić information content (AvgIpc) is 2.63. The fraction of sp³-hybridized carbons (Fsp3) is 0.278. The van der Waals surface area contributed by atoms with E-state index in [-0.39, 0.29) is 40.5 Å². The molecule has 2 aromatic carbocycles. The van der Waals surface area contributed by atoms with E-state index in [1.807, 2.05) is 0 Å². The minimum Gasteiger partial charge on any atom is -0.349 e. The number of piperidine rings is 1. The van der Waals surface area contributed by atoms with E-state index in [9.17, 15) is 13.2 Å². The number of benzene rings is 2. The molecule has 1 amide bonds. The van der Waals surface area contributed by atoms with Crippen molar-refractivity contribution < 1.29 is 13.2 Å². The monoisotopic (exact) mass is 429 g/mol. The first-order valence-electron chi connectivity index (χ1n) is 8.35. The van der Waals surface area contributed by atoms with Gasteiger partial charge in [0.2, 0.25) is 0 Å². The number of hydrogen-bond acceptors (Lipinski definition) is 4. The molecule has 0 saturated carbocycles. The summed E-state index contributed by atoms with van der Waals surface area (Å²) in [4.78, 5) is 12.8. The zero-order valence-corrected chi connectivity index (χ0v) is 16.8. The smallest absolute Gasteiger partial charge is 0.261 e. The molecule has 3 N–H and O–H groups in total. The van der Waals surface area contributed by atoms with Crippen molar-refractivity contribution in [1.82, 2.24) is 10.6 Å². The molecule has 0 atom stereocenters. The second-order valence-corrected chi connectivity index (χ2v) is 8.23. The average molecular weight is 430 g/mol. The largest absolute Gasteiger partial charge is 0.349 e. The van der Waals surface area contributed by atoms with Gasteiger partial charge in [-0.1, -0.05) is 29.8 Å². The van der Waals surface area contributed by atoms with Crippen LogP contribution in [-0.4, -0.2) is 33.5 Å². The third-order valence-electron chi connectivity index (χ3n) is 4.20. The Labute approximate surface area is 170 Å². The third kappa shape index (κ3) is 5.59. The van der Waals surface area contributed by atoms with E-state index in [1.54, 1.807) is 24.3 Å². The molecule has 1 heterocycles. The SMILES string of the molecule is Cl.O=C(NC1CCNCC1)c1ccc(Cl)cc1NS(=O)(=O)c1ccccc1. The van der Waals surface area contributed by atoms with E-state index in [0.717, 1.165) is 25.9 Å². The van der Waals surface area contributed by atoms with Crippen LogP contribution in [0.2, 0.25) is 5.02 Å². The molecule has 27 heavy (non-hydrogen) atoms. The maximum absolute atomic E-state index is 12.7. The highest BCUT2D eigenvalue weighted by molar-refractivity contribution is 7.92. The molecule has 0 aromatic heterocycles. The van der Waals surface area contributed by atoms with Crippen LogP contribution >= 0.6 is 24.0 Å². The standard InChI is InChI=1S/C18H20ClN3O3S.ClH/c19-13-6-7-16(18(23)21-14-8-10-20-11-9-14)17(12-13)22-26(24,25)15-4-2-1-3-5-15;/h1-7,12,14,20,22H,8-11H2,(H,21,23);1H. The molecule has 9 heteroatoms. The number of amides is 1. The van der Waals surface area contributed by atoms with Gasteiger partial charge in [-0.15, -0.1) is 12.4 Å². The van der Waals surface area contributed by atoms with E-state index >= 15 is 0 Å². The lowest BCUT2D eigenvalue weighted by molar-refractivity contribution is 0.0930. The Morgan fingerprint density at radius 1 is 1.07 bits per heavy atom. The van der Waals surface area contributed by atoms with Crippen LogP contribution in [0.1, 0.15) is 23.2 Å². The summed E-state index contributed by atoms with van der Waals surface area (Å²) >= 11 is 6.01. The molecular formula is C18H21Cl2N3O3S. The zero-order chi connectivity index (χ0) is 18.6. The first kappa shape index (κ1) is 21.5. The van der Waals surface area contributed by atoms with Gasteiger partial charge in [0.25, 0.3) is 15.9 Å². The van der Waals surface area contributed by atoms with Crippen molar-refractivity contribution in [3.8, 4) is 0 Å². The van der Waals surface area contributed by atoms with Crippen LogP contribution in [0, 0.1) is 0 Å². The van der Waals surface area contributed by atoms with Gasteiger partial charge in [0, 0.05) is 11.1 Å². The molecule has 0 unspecified atom stereocenters. The Kier molecular flexibility index (Phi) is 7.49. The molecule has 0 spiro atoms. The van der Waals surface area contributed by atoms with Crippen molar-refractivity contribution in [2.24, 2.45) is 0 Å². The second kappa shape index (κ2) is 9.41. The molecule has 6 nitrogen and oxygen atoms in total. The van der Waals surface area contributed by atoms with Crippen LogP contribution in [0.4, 0.5) is 5.69 Å². The van der Waals surface area contributed by atoms with Crippen molar-refractivity contribution in [1.29, 1.82) is 0 Å². The van der Waals surface area contributed by atoms with Crippen molar-refractivity contribution in [2.75, 3.05) is 17.8 Å². The molecule has 1 aliphatic rings. The molecular weight excluding hydrogens is 409 g/mol. The Balaban J connectivity index is 0.00000261. The van der Waals surface area contributed by atoms with Gasteiger partial charge >= 0.3 is 0 Å². The van der Waals surface area contributed by atoms with Crippen LogP contribution in [0.15, 0.2) is 53.4 Å². The molecule has 146 valence electrons. The molecule has 1 aliphatic heterocycles. The Morgan fingerprint density at radius 3 is 2.41 bits per heavy atom. The van der Waals surface area contributed by atoms with Crippen LogP contribution in [0.3, 0.4) is 0 Å². The minimum atomic E-state index is -3.82. The Hall–Kier alpha value is -1.80. The van der Waals surface area contributed by atoms with Crippen molar-refractivity contribution in [2.45, 2.75) is 23.8 Å². The zero-order valence-electron chi connectivity index (χ0n) is 14.4. The van der Waals surface area contributed by atoms with Crippen LogP contribution in [0.25, 0.3) is 0 Å². The van der Waals surface area contributed by atoms with Crippen LogP contribution in [0.5, 0.6) is 0 Å². The van der Waals surface area contributed by atoms with Gasteiger partial charge in [-0.2, -0.15) is 0 Å². The van der Waals surface area contributed by atoms with E-state index in [0.29, 0.717) is 5.02 Å². The van der Waals surface area contributed by atoms with E-state index in [2.05, 4.69) is 15.4 Å². The highest BCUT2D eigenvalue weighted by Gasteiger charge is 2.21. The quantitative estimate of drug-likeness (QED) is 0.681. The van der Waals surface area contributed by atoms with Gasteiger partial charge in [-0.05, 0) is 56.3 Å². The van der Waals surface area contributed by atoms with Crippen LogP contribution in [-0.2, 0) is 10.0 Å². The number of carbonyl (C=O) groups excluding carboxylic acids is 1. The fourth-order valence-electron chi connectivity index (χ4n) is 2.83. The predicted octanol–water partition coefficient (Wildman–Crippen LogP) is 3.04. The van der Waals surface area contributed by atoms with Gasteiger partial charge in [0.1, 0.15) is 0 Å². The molecule has 0 radical (unpaired) electrons. The van der Waals surface area contributed by atoms with Crippen molar-refractivity contribution >= 4 is 45.6 Å². The summed E-state index contributed by atoms with van der Waals surface area (Å²) in [5, 5.41) is 6.54. The first-order chi connectivity index (χ1) is 12.5. The highest BCUT2D eigenvalue weighted by atomic mass is 35.5. The van der Waals surface area contributed by atoms with E-state index in [4.69, 9.17) is 11.6 Å². The summed E-state index contributed by atoms with van der Waals surface area (Å²) < 4.78 is 27.6. The maximum Gasteiger partial charge on any atom is 0.261 e. The molecule has 0 aliphatic carbocycles. The number of rotatable bonds is 5. The second-order valence-electron chi connectivity index (χ2n) is 6.11. The summed E-state index contributed by atoms with van der Waals surface area (Å²) in [6.45, 7) is 1.69. The summed E-state index contributed by atoms with van der Waals surface area (Å²) in [6, 6.07) is 12.6. The molecule has 3 rings (SSSR count).